The van der Waals surface area contributed by atoms with Gasteiger partial charge in [-0.25, -0.2) is 4.98 Å². The first-order valence-corrected chi connectivity index (χ1v) is 13.4. The normalized spacial score (nSPS) is 13.8. The fourth-order valence-corrected chi connectivity index (χ4v) is 4.99. The van der Waals surface area contributed by atoms with Gasteiger partial charge in [0.05, 0.1) is 11.5 Å². The Labute approximate surface area is 242 Å². The molecule has 2 aromatic heterocycles. The standard InChI is InChI=1S/C28H23Cl2F2N3O6/c29-20-12-33-13-21(30)19(20)11-24(18-6-7-23(41-28(31)32)25(10-18)39-15-16-4-5-16)40-26(36)14-34-9-8-17-2-1-3-22(27(17)34)35(37)38/h1-3,6-10,12-13,16,24,28H,4-5,11,14-15H2/p+1/t24-/m0/s1. The number of H-pyrrole nitrogens is 1. The van der Waals surface area contributed by atoms with Crippen LogP contribution in [0.4, 0.5) is 14.5 Å². The number of fused-ring (bicyclic) bond motifs is 1. The molecule has 0 aliphatic heterocycles. The summed E-state index contributed by atoms with van der Waals surface area (Å²) >= 11 is 12.8. The molecule has 0 spiro atoms. The molecule has 1 aliphatic carbocycles. The topological polar surface area (TPSA) is 107 Å². The van der Waals surface area contributed by atoms with Crippen molar-refractivity contribution in [1.29, 1.82) is 0 Å². The van der Waals surface area contributed by atoms with Gasteiger partial charge in [0.2, 0.25) is 0 Å². The molecule has 214 valence electrons. The van der Waals surface area contributed by atoms with E-state index in [1.807, 2.05) is 0 Å². The van der Waals surface area contributed by atoms with Gasteiger partial charge in [0.25, 0.3) is 5.69 Å². The molecule has 1 saturated carbocycles. The van der Waals surface area contributed by atoms with Crippen molar-refractivity contribution in [2.24, 2.45) is 5.92 Å². The smallest absolute Gasteiger partial charge is 0.387 e. The van der Waals surface area contributed by atoms with Gasteiger partial charge in [0.1, 0.15) is 28.2 Å². The summed E-state index contributed by atoms with van der Waals surface area (Å²) in [5.74, 6) is -0.425. The van der Waals surface area contributed by atoms with Crippen molar-refractivity contribution < 1.29 is 37.7 Å². The van der Waals surface area contributed by atoms with E-state index in [1.165, 1.54) is 41.2 Å². The lowest BCUT2D eigenvalue weighted by atomic mass is 10.0. The Bertz CT molecular complexity index is 1570. The fourth-order valence-electron chi connectivity index (χ4n) is 4.46. The zero-order chi connectivity index (χ0) is 29.1. The number of ether oxygens (including phenoxy) is 3. The van der Waals surface area contributed by atoms with Gasteiger partial charge in [-0.2, -0.15) is 8.78 Å². The molecule has 0 unspecified atom stereocenters. The second kappa shape index (κ2) is 12.3. The number of alkyl halides is 2. The number of nitro groups is 1. The molecular weight excluding hydrogens is 583 g/mol. The lowest BCUT2D eigenvalue weighted by molar-refractivity contribution is -0.383. The summed E-state index contributed by atoms with van der Waals surface area (Å²) in [4.78, 5) is 27.1. The number of carbonyl (C=O) groups is 1. The zero-order valence-electron chi connectivity index (χ0n) is 21.4. The number of halogens is 4. The molecule has 1 N–H and O–H groups in total. The third-order valence-electron chi connectivity index (χ3n) is 6.65. The molecule has 2 aromatic carbocycles. The van der Waals surface area contributed by atoms with E-state index in [2.05, 4.69) is 9.72 Å². The number of nitro benzene ring substituents is 1. The third-order valence-corrected chi connectivity index (χ3v) is 7.32. The molecule has 1 atom stereocenters. The Kier molecular flexibility index (Phi) is 8.55. The van der Waals surface area contributed by atoms with Crippen LogP contribution in [0.3, 0.4) is 0 Å². The number of hydrogen-bond acceptors (Lipinski definition) is 6. The molecule has 2 heterocycles. The fraction of sp³-hybridized carbons (Fsp3) is 0.286. The lowest BCUT2D eigenvalue weighted by Crippen LogP contribution is -2.19. The van der Waals surface area contributed by atoms with Crippen LogP contribution in [0, 0.1) is 16.0 Å². The number of aromatic nitrogens is 2. The molecule has 4 aromatic rings. The summed E-state index contributed by atoms with van der Waals surface area (Å²) in [6.45, 7) is -3.05. The molecule has 41 heavy (non-hydrogen) atoms. The molecule has 5 rings (SSSR count). The largest absolute Gasteiger partial charge is 0.489 e. The van der Waals surface area contributed by atoms with E-state index in [0.29, 0.717) is 39.1 Å². The van der Waals surface area contributed by atoms with Crippen LogP contribution >= 0.6 is 23.2 Å². The van der Waals surface area contributed by atoms with E-state index < -0.39 is 23.6 Å². The number of pyridine rings is 1. The SMILES string of the molecule is O=C(Cn1ccc2cccc([N+](=O)[O-])c21)O[C@@H](Cc1c(Cl)c[nH+]cc1Cl)c1ccc(OC(F)F)c(OCC2CC2)c1. The average molecular weight is 607 g/mol. The number of hydrogen-bond donors (Lipinski definition) is 0. The van der Waals surface area contributed by atoms with Crippen molar-refractivity contribution in [3.05, 3.63) is 92.3 Å². The Hall–Kier alpha value is -3.96. The van der Waals surface area contributed by atoms with Gasteiger partial charge in [-0.3, -0.25) is 14.9 Å². The maximum absolute atomic E-state index is 13.3. The minimum atomic E-state index is -3.06. The van der Waals surface area contributed by atoms with Gasteiger partial charge in [-0.15, -0.1) is 0 Å². The number of benzene rings is 2. The monoisotopic (exact) mass is 606 g/mol. The van der Waals surface area contributed by atoms with Gasteiger partial charge >= 0.3 is 12.6 Å². The van der Waals surface area contributed by atoms with Crippen molar-refractivity contribution >= 4 is 45.8 Å². The second-order valence-electron chi connectivity index (χ2n) is 9.57. The number of aromatic amines is 1. The van der Waals surface area contributed by atoms with E-state index in [4.69, 9.17) is 32.7 Å². The number of para-hydroxylation sites is 1. The summed E-state index contributed by atoms with van der Waals surface area (Å²) in [6, 6.07) is 10.6. The van der Waals surface area contributed by atoms with Crippen LogP contribution in [-0.4, -0.2) is 28.7 Å². The maximum atomic E-state index is 13.3. The van der Waals surface area contributed by atoms with Crippen molar-refractivity contribution in [3.63, 3.8) is 0 Å². The molecular formula is C28H24Cl2F2N3O6+. The molecule has 9 nitrogen and oxygen atoms in total. The minimum Gasteiger partial charge on any atom is -0.489 e. The van der Waals surface area contributed by atoms with Gasteiger partial charge in [-0.1, -0.05) is 41.4 Å². The quantitative estimate of drug-likeness (QED) is 0.102. The van der Waals surface area contributed by atoms with Crippen LogP contribution in [0.15, 0.2) is 61.1 Å². The summed E-state index contributed by atoms with van der Waals surface area (Å²) in [5.41, 5.74) is 1.04. The summed E-state index contributed by atoms with van der Waals surface area (Å²) in [7, 11) is 0. The van der Waals surface area contributed by atoms with E-state index in [-0.39, 0.29) is 35.7 Å². The second-order valence-corrected chi connectivity index (χ2v) is 10.4. The van der Waals surface area contributed by atoms with Gasteiger partial charge in [-0.05, 0) is 42.5 Å². The summed E-state index contributed by atoms with van der Waals surface area (Å²) < 4.78 is 43.9. The minimum absolute atomic E-state index is 0.0434. The average Bonchev–Trinajstić information content (AvgIpc) is 3.68. The van der Waals surface area contributed by atoms with Crippen LogP contribution in [0.5, 0.6) is 11.5 Å². The maximum Gasteiger partial charge on any atom is 0.387 e. The Balaban J connectivity index is 1.46. The number of nitrogens with zero attached hydrogens (tertiary/aromatic N) is 2. The Morgan fingerprint density at radius 1 is 1.12 bits per heavy atom. The number of carbonyl (C=O) groups excluding carboxylic acids is 1. The van der Waals surface area contributed by atoms with Crippen LogP contribution in [0.2, 0.25) is 10.0 Å². The van der Waals surface area contributed by atoms with E-state index in [1.54, 1.807) is 24.4 Å². The van der Waals surface area contributed by atoms with Crippen molar-refractivity contribution in [1.82, 2.24) is 4.57 Å². The number of non-ortho nitro benzene ring substituents is 1. The van der Waals surface area contributed by atoms with Gasteiger partial charge in [0, 0.05) is 29.6 Å². The molecule has 1 fully saturated rings. The van der Waals surface area contributed by atoms with Crippen LogP contribution in [0.25, 0.3) is 10.9 Å². The summed E-state index contributed by atoms with van der Waals surface area (Å²) in [5, 5.41) is 12.8. The lowest BCUT2D eigenvalue weighted by Gasteiger charge is -2.21. The predicted octanol–water partition coefficient (Wildman–Crippen LogP) is 6.59. The zero-order valence-corrected chi connectivity index (χ0v) is 22.9. The molecule has 0 bridgehead atoms. The van der Waals surface area contributed by atoms with Crippen LogP contribution < -0.4 is 14.5 Å². The number of nitrogens with one attached hydrogen (secondary N) is 1. The molecule has 13 heteroatoms. The highest BCUT2D eigenvalue weighted by Crippen LogP contribution is 2.38. The highest BCUT2D eigenvalue weighted by molar-refractivity contribution is 6.35. The highest BCUT2D eigenvalue weighted by Gasteiger charge is 2.27. The molecule has 0 amide bonds. The number of esters is 1. The van der Waals surface area contributed by atoms with Crippen LogP contribution in [0.1, 0.15) is 30.1 Å². The first-order valence-electron chi connectivity index (χ1n) is 12.7. The molecule has 0 radical (unpaired) electrons. The van der Waals surface area contributed by atoms with Crippen molar-refractivity contribution in [2.45, 2.75) is 38.5 Å². The molecule has 0 saturated heterocycles. The van der Waals surface area contributed by atoms with Gasteiger partial charge < -0.3 is 18.8 Å². The molecule has 1 aliphatic rings. The van der Waals surface area contributed by atoms with Gasteiger partial charge in [0.15, 0.2) is 23.9 Å². The predicted molar refractivity (Wildman–Crippen MR) is 145 cm³/mol. The first kappa shape index (κ1) is 28.6. The number of rotatable bonds is 12. The third kappa shape index (κ3) is 6.86. The Morgan fingerprint density at radius 2 is 1.88 bits per heavy atom. The van der Waals surface area contributed by atoms with E-state index in [9.17, 15) is 23.7 Å². The van der Waals surface area contributed by atoms with Crippen molar-refractivity contribution in [2.75, 3.05) is 6.61 Å². The van der Waals surface area contributed by atoms with E-state index in [0.717, 1.165) is 12.8 Å². The Morgan fingerprint density at radius 3 is 2.56 bits per heavy atom. The summed E-state index contributed by atoms with van der Waals surface area (Å²) in [6.07, 6.45) is 5.66. The van der Waals surface area contributed by atoms with E-state index >= 15 is 0 Å². The highest BCUT2D eigenvalue weighted by atomic mass is 35.5. The van der Waals surface area contributed by atoms with Crippen molar-refractivity contribution in [3.8, 4) is 11.5 Å². The van der Waals surface area contributed by atoms with Crippen LogP contribution in [-0.2, 0) is 22.5 Å². The first-order chi connectivity index (χ1) is 19.7.